The molecule has 1 aliphatic heterocycles. The number of nitrogens with zero attached hydrogens (tertiary/aromatic N) is 5. The molecule has 0 saturated carbocycles. The first kappa shape index (κ1) is 27.4. The van der Waals surface area contributed by atoms with Crippen molar-refractivity contribution in [3.63, 3.8) is 0 Å². The van der Waals surface area contributed by atoms with Gasteiger partial charge >= 0.3 is 10.2 Å². The molecule has 3 aromatic carbocycles. The lowest BCUT2D eigenvalue weighted by Crippen LogP contribution is -2.53. The second kappa shape index (κ2) is 10.6. The number of carbonyl (C=O) groups excluding carboxylic acids is 1. The van der Waals surface area contributed by atoms with Gasteiger partial charge in [0.1, 0.15) is 11.9 Å². The number of imidazole rings is 1. The van der Waals surface area contributed by atoms with Crippen molar-refractivity contribution < 1.29 is 13.2 Å². The maximum absolute atomic E-state index is 14.6. The first-order chi connectivity index (χ1) is 20.2. The predicted molar refractivity (Wildman–Crippen MR) is 164 cm³/mol. The fourth-order valence-corrected chi connectivity index (χ4v) is 6.63. The van der Waals surface area contributed by atoms with E-state index in [1.165, 1.54) is 26.6 Å². The van der Waals surface area contributed by atoms with Crippen molar-refractivity contribution in [3.8, 4) is 0 Å². The Hall–Kier alpha value is -4.73. The average Bonchev–Trinajstić information content (AvgIpc) is 3.65. The Morgan fingerprint density at radius 2 is 1.36 bits per heavy atom. The van der Waals surface area contributed by atoms with Gasteiger partial charge in [0.05, 0.1) is 17.0 Å². The van der Waals surface area contributed by atoms with Gasteiger partial charge < -0.3 is 9.47 Å². The summed E-state index contributed by atoms with van der Waals surface area (Å²) in [6.45, 7) is 0.260. The molecule has 2 aromatic heterocycles. The summed E-state index contributed by atoms with van der Waals surface area (Å²) in [5.74, 6) is -0.0972. The number of amides is 1. The summed E-state index contributed by atoms with van der Waals surface area (Å²) in [5, 5.41) is 0. The number of benzene rings is 3. The SMILES string of the molecule is CN(C)S(=O)(=O)n1cnc(/C=C2/CN(C(c3ccccc3)(c3ccccc3)c3ccccc3)C(=O)c3ccn(C)c32)c1. The predicted octanol–water partition coefficient (Wildman–Crippen LogP) is 4.86. The molecule has 1 amide bonds. The lowest BCUT2D eigenvalue weighted by atomic mass is 9.74. The second-order valence-corrected chi connectivity index (χ2v) is 12.5. The van der Waals surface area contributed by atoms with Crippen LogP contribution in [0.1, 0.15) is 38.4 Å². The van der Waals surface area contributed by atoms with Crippen LogP contribution >= 0.6 is 0 Å². The summed E-state index contributed by atoms with van der Waals surface area (Å²) in [6, 6.07) is 32.1. The Morgan fingerprint density at radius 3 is 1.86 bits per heavy atom. The molecule has 8 nitrogen and oxygen atoms in total. The Balaban J connectivity index is 1.60. The van der Waals surface area contributed by atoms with Crippen LogP contribution in [-0.4, -0.2) is 57.7 Å². The van der Waals surface area contributed by atoms with Crippen molar-refractivity contribution in [2.75, 3.05) is 20.6 Å². The summed E-state index contributed by atoms with van der Waals surface area (Å²) in [6.07, 6.45) is 6.53. The highest BCUT2D eigenvalue weighted by Crippen LogP contribution is 2.46. The van der Waals surface area contributed by atoms with Crippen LogP contribution in [0.25, 0.3) is 11.6 Å². The van der Waals surface area contributed by atoms with Crippen molar-refractivity contribution in [3.05, 3.63) is 149 Å². The maximum Gasteiger partial charge on any atom is 0.308 e. The van der Waals surface area contributed by atoms with E-state index in [1.54, 1.807) is 0 Å². The highest BCUT2D eigenvalue weighted by molar-refractivity contribution is 7.87. The lowest BCUT2D eigenvalue weighted by Gasteiger charge is -2.47. The highest BCUT2D eigenvalue weighted by Gasteiger charge is 2.47. The molecule has 0 N–H and O–H groups in total. The molecule has 6 rings (SSSR count). The normalized spacial score (nSPS) is 14.9. The molecule has 9 heteroatoms. The Morgan fingerprint density at radius 1 is 0.833 bits per heavy atom. The molecule has 5 aromatic rings. The highest BCUT2D eigenvalue weighted by atomic mass is 32.2. The quantitative estimate of drug-likeness (QED) is 0.259. The number of fused-ring (bicyclic) bond motifs is 1. The lowest BCUT2D eigenvalue weighted by molar-refractivity contribution is 0.0638. The Labute approximate surface area is 246 Å². The fourth-order valence-electron chi connectivity index (χ4n) is 5.84. The summed E-state index contributed by atoms with van der Waals surface area (Å²) in [7, 11) is 1.14. The maximum atomic E-state index is 14.6. The van der Waals surface area contributed by atoms with E-state index in [9.17, 15) is 13.2 Å². The molecule has 0 bridgehead atoms. The van der Waals surface area contributed by atoms with E-state index >= 15 is 0 Å². The van der Waals surface area contributed by atoms with Gasteiger partial charge in [-0.05, 0) is 34.4 Å². The fraction of sp³-hybridized carbons (Fsp3) is 0.152. The zero-order valence-electron chi connectivity index (χ0n) is 23.6. The summed E-state index contributed by atoms with van der Waals surface area (Å²) in [4.78, 5) is 20.9. The molecule has 0 radical (unpaired) electrons. The molecular formula is C33H31N5O3S. The summed E-state index contributed by atoms with van der Waals surface area (Å²) < 4.78 is 29.6. The molecular weight excluding hydrogens is 546 g/mol. The van der Waals surface area contributed by atoms with Gasteiger partial charge in [-0.1, -0.05) is 91.0 Å². The average molecular weight is 578 g/mol. The number of rotatable bonds is 7. The van der Waals surface area contributed by atoms with E-state index in [0.717, 1.165) is 36.2 Å². The number of carbonyl (C=O) groups is 1. The van der Waals surface area contributed by atoms with Crippen LogP contribution in [0.5, 0.6) is 0 Å². The zero-order chi connectivity index (χ0) is 29.5. The van der Waals surface area contributed by atoms with Crippen LogP contribution in [0.2, 0.25) is 0 Å². The van der Waals surface area contributed by atoms with Gasteiger partial charge in [-0.15, -0.1) is 0 Å². The molecule has 0 saturated heterocycles. The van der Waals surface area contributed by atoms with E-state index in [4.69, 9.17) is 0 Å². The van der Waals surface area contributed by atoms with E-state index in [-0.39, 0.29) is 12.5 Å². The van der Waals surface area contributed by atoms with Gasteiger partial charge in [0.2, 0.25) is 0 Å². The molecule has 0 fully saturated rings. The van der Waals surface area contributed by atoms with Crippen molar-refractivity contribution in [2.45, 2.75) is 5.54 Å². The Kier molecular flexibility index (Phi) is 6.92. The van der Waals surface area contributed by atoms with E-state index in [2.05, 4.69) is 41.4 Å². The van der Waals surface area contributed by atoms with Crippen molar-refractivity contribution in [2.24, 2.45) is 7.05 Å². The van der Waals surface area contributed by atoms with Crippen molar-refractivity contribution >= 4 is 27.8 Å². The van der Waals surface area contributed by atoms with Crippen molar-refractivity contribution in [1.82, 2.24) is 22.7 Å². The van der Waals surface area contributed by atoms with Gasteiger partial charge in [0, 0.05) is 40.1 Å². The van der Waals surface area contributed by atoms with Gasteiger partial charge in [-0.25, -0.2) is 8.96 Å². The minimum Gasteiger partial charge on any atom is -0.350 e. The molecule has 42 heavy (non-hydrogen) atoms. The smallest absolute Gasteiger partial charge is 0.308 e. The molecule has 212 valence electrons. The first-order valence-corrected chi connectivity index (χ1v) is 15.0. The standard InChI is InChI=1S/C33H31N5O3S/c1-35(2)42(40,41)37-23-29(34-24-37)21-25-22-38(32(39)30-19-20-36(3)31(25)30)33(26-13-7-4-8-14-26,27-15-9-5-10-16-27)28-17-11-6-12-18-28/h4-21,23-24H,22H2,1-3H3/b25-21-. The van der Waals surface area contributed by atoms with E-state index in [1.807, 2.05) is 89.5 Å². The van der Waals surface area contributed by atoms with Crippen LogP contribution in [0, 0.1) is 0 Å². The third kappa shape index (κ3) is 4.38. The summed E-state index contributed by atoms with van der Waals surface area (Å²) >= 11 is 0. The minimum absolute atomic E-state index is 0.0972. The van der Waals surface area contributed by atoms with Gasteiger partial charge in [0.25, 0.3) is 5.91 Å². The molecule has 0 spiro atoms. The number of hydrogen-bond donors (Lipinski definition) is 0. The molecule has 1 aliphatic rings. The molecule has 3 heterocycles. The summed E-state index contributed by atoms with van der Waals surface area (Å²) in [5.41, 5.74) is 4.58. The van der Waals surface area contributed by atoms with Crippen LogP contribution < -0.4 is 0 Å². The Bertz CT molecular complexity index is 1780. The van der Waals surface area contributed by atoms with Crippen molar-refractivity contribution in [1.29, 1.82) is 0 Å². The van der Waals surface area contributed by atoms with Gasteiger partial charge in [-0.3, -0.25) is 4.79 Å². The van der Waals surface area contributed by atoms with Crippen LogP contribution in [0.3, 0.4) is 0 Å². The second-order valence-electron chi connectivity index (χ2n) is 10.5. The minimum atomic E-state index is -3.72. The third-order valence-electron chi connectivity index (χ3n) is 7.79. The van der Waals surface area contributed by atoms with Crippen LogP contribution in [-0.2, 0) is 22.8 Å². The molecule has 0 atom stereocenters. The zero-order valence-corrected chi connectivity index (χ0v) is 24.4. The van der Waals surface area contributed by atoms with E-state index < -0.39 is 15.7 Å². The van der Waals surface area contributed by atoms with E-state index in [0.29, 0.717) is 11.3 Å². The molecule has 0 unspecified atom stereocenters. The molecule has 0 aliphatic carbocycles. The van der Waals surface area contributed by atoms with Crippen LogP contribution in [0.15, 0.2) is 116 Å². The monoisotopic (exact) mass is 577 g/mol. The number of hydrogen-bond acceptors (Lipinski definition) is 4. The topological polar surface area (TPSA) is 80.4 Å². The first-order valence-electron chi connectivity index (χ1n) is 13.6. The van der Waals surface area contributed by atoms with Gasteiger partial charge in [0.15, 0.2) is 0 Å². The van der Waals surface area contributed by atoms with Crippen LogP contribution in [0.4, 0.5) is 0 Å². The third-order valence-corrected chi connectivity index (χ3v) is 9.45. The number of aromatic nitrogens is 3. The van der Waals surface area contributed by atoms with Gasteiger partial charge in [-0.2, -0.15) is 12.7 Å². The largest absolute Gasteiger partial charge is 0.350 e. The number of aryl methyl sites for hydroxylation is 1.